The van der Waals surface area contributed by atoms with Crippen LogP contribution in [0.2, 0.25) is 0 Å². The molecule has 0 bridgehead atoms. The summed E-state index contributed by atoms with van der Waals surface area (Å²) in [6.07, 6.45) is 0.893. The van der Waals surface area contributed by atoms with Gasteiger partial charge in [-0.3, -0.25) is 9.69 Å². The van der Waals surface area contributed by atoms with Gasteiger partial charge in [0.25, 0.3) is 0 Å². The van der Waals surface area contributed by atoms with E-state index in [4.69, 9.17) is 19.9 Å². The Kier molecular flexibility index (Phi) is 7.98. The Morgan fingerprint density at radius 3 is 2.41 bits per heavy atom. The number of hydrogen-bond acceptors (Lipinski definition) is 11. The lowest BCUT2D eigenvalue weighted by atomic mass is 9.68. The summed E-state index contributed by atoms with van der Waals surface area (Å²) in [6, 6.07) is 15.9. The van der Waals surface area contributed by atoms with Gasteiger partial charge in [-0.15, -0.1) is 10.2 Å². The summed E-state index contributed by atoms with van der Waals surface area (Å²) in [7, 11) is 4.61. The van der Waals surface area contributed by atoms with Crippen molar-refractivity contribution in [2.75, 3.05) is 26.2 Å². The van der Waals surface area contributed by atoms with Crippen LogP contribution in [0.5, 0.6) is 17.2 Å². The zero-order valence-electron chi connectivity index (χ0n) is 23.6. The Labute approximate surface area is 247 Å². The van der Waals surface area contributed by atoms with E-state index in [2.05, 4.69) is 42.2 Å². The summed E-state index contributed by atoms with van der Waals surface area (Å²) in [5.74, 6) is 1.55. The van der Waals surface area contributed by atoms with Gasteiger partial charge < -0.3 is 19.9 Å². The number of nitrogens with zero attached hydrogens (tertiary/aromatic N) is 4. The zero-order chi connectivity index (χ0) is 29.3. The first-order valence-electron chi connectivity index (χ1n) is 13.0. The standard InChI is InChI=1S/C30H31N5O4S2/c1-30(2)13-20-26(21(36)14-30)25(18-11-23(38-4)24(39-5)12-22(18)37-3)19(15-31)27(32)35(20)28-33-34-29(41-28)40-16-17-9-7-6-8-10-17/h6-12,25H,13-14,16,32H2,1-5H3. The van der Waals surface area contributed by atoms with Crippen molar-refractivity contribution in [3.8, 4) is 23.3 Å². The highest BCUT2D eigenvalue weighted by Gasteiger charge is 2.46. The molecule has 2 aromatic carbocycles. The molecule has 9 nitrogen and oxygen atoms in total. The van der Waals surface area contributed by atoms with Crippen molar-refractivity contribution in [2.24, 2.45) is 11.1 Å². The highest BCUT2D eigenvalue weighted by molar-refractivity contribution is 8.00. The summed E-state index contributed by atoms with van der Waals surface area (Å²) in [4.78, 5) is 15.7. The molecule has 41 heavy (non-hydrogen) atoms. The van der Waals surface area contributed by atoms with E-state index in [1.54, 1.807) is 28.8 Å². The highest BCUT2D eigenvalue weighted by Crippen LogP contribution is 2.53. The van der Waals surface area contributed by atoms with Crippen LogP contribution in [0.15, 0.2) is 69.5 Å². The Balaban J connectivity index is 1.64. The minimum Gasteiger partial charge on any atom is -0.496 e. The molecular formula is C30H31N5O4S2. The second-order valence-electron chi connectivity index (χ2n) is 10.6. The Bertz CT molecular complexity index is 1590. The van der Waals surface area contributed by atoms with Gasteiger partial charge in [0.15, 0.2) is 21.6 Å². The Morgan fingerprint density at radius 1 is 1.07 bits per heavy atom. The highest BCUT2D eigenvalue weighted by atomic mass is 32.2. The normalized spacial score (nSPS) is 18.2. The van der Waals surface area contributed by atoms with Crippen molar-refractivity contribution in [3.05, 3.63) is 76.3 Å². The number of aromatic nitrogens is 2. The molecule has 11 heteroatoms. The number of ketones is 1. The number of benzene rings is 2. The third kappa shape index (κ3) is 5.37. The van der Waals surface area contributed by atoms with Crippen molar-refractivity contribution >= 4 is 34.0 Å². The molecule has 0 amide bonds. The number of rotatable bonds is 8. The number of allylic oxidation sites excluding steroid dienone is 3. The molecule has 2 N–H and O–H groups in total. The summed E-state index contributed by atoms with van der Waals surface area (Å²) in [5, 5.41) is 19.8. The second-order valence-corrected chi connectivity index (χ2v) is 12.7. The van der Waals surface area contributed by atoms with Gasteiger partial charge in [-0.2, -0.15) is 5.26 Å². The summed E-state index contributed by atoms with van der Waals surface area (Å²) < 4.78 is 17.5. The largest absolute Gasteiger partial charge is 0.496 e. The maximum Gasteiger partial charge on any atom is 0.219 e. The molecule has 0 radical (unpaired) electrons. The van der Waals surface area contributed by atoms with Gasteiger partial charge in [-0.1, -0.05) is 67.3 Å². The number of Topliss-reactive ketones (excluding diaryl/α,β-unsaturated/α-hetero) is 1. The molecule has 1 atom stereocenters. The van der Waals surface area contributed by atoms with Crippen molar-refractivity contribution in [1.82, 2.24) is 10.2 Å². The number of ether oxygens (including phenoxy) is 3. The van der Waals surface area contributed by atoms with Gasteiger partial charge in [0.2, 0.25) is 5.13 Å². The third-order valence-electron chi connectivity index (χ3n) is 7.22. The molecule has 0 spiro atoms. The molecule has 0 fully saturated rings. The minimum absolute atomic E-state index is 0.0495. The van der Waals surface area contributed by atoms with E-state index in [0.717, 1.165) is 15.8 Å². The Hall–Kier alpha value is -4.01. The molecule has 1 unspecified atom stereocenters. The lowest BCUT2D eigenvalue weighted by Gasteiger charge is -2.42. The van der Waals surface area contributed by atoms with E-state index in [0.29, 0.717) is 46.4 Å². The van der Waals surface area contributed by atoms with Crippen molar-refractivity contribution in [2.45, 2.75) is 42.7 Å². The maximum atomic E-state index is 13.9. The zero-order valence-corrected chi connectivity index (χ0v) is 25.2. The number of methoxy groups -OCH3 is 3. The van der Waals surface area contributed by atoms with Crippen LogP contribution in [0.3, 0.4) is 0 Å². The topological polar surface area (TPSA) is 124 Å². The SMILES string of the molecule is COc1cc(OC)c(C2C(C#N)=C(N)N(c3nnc(SCc4ccccc4)s3)C3=C2C(=O)CC(C)(C)C3)cc1OC. The van der Waals surface area contributed by atoms with Gasteiger partial charge in [-0.05, 0) is 23.5 Å². The van der Waals surface area contributed by atoms with Crippen molar-refractivity contribution < 1.29 is 19.0 Å². The second kappa shape index (κ2) is 11.5. The van der Waals surface area contributed by atoms with E-state index in [1.165, 1.54) is 38.2 Å². The van der Waals surface area contributed by atoms with Crippen LogP contribution in [0.25, 0.3) is 0 Å². The molecule has 212 valence electrons. The minimum atomic E-state index is -0.746. The molecule has 0 saturated carbocycles. The van der Waals surface area contributed by atoms with Gasteiger partial charge in [-0.25, -0.2) is 0 Å². The average Bonchev–Trinajstić information content (AvgIpc) is 3.43. The molecule has 1 aliphatic carbocycles. The van der Waals surface area contributed by atoms with Gasteiger partial charge >= 0.3 is 0 Å². The lowest BCUT2D eigenvalue weighted by molar-refractivity contribution is -0.118. The van der Waals surface area contributed by atoms with Crippen LogP contribution in [0.4, 0.5) is 5.13 Å². The quantitative estimate of drug-likeness (QED) is 0.323. The van der Waals surface area contributed by atoms with E-state index < -0.39 is 5.92 Å². The van der Waals surface area contributed by atoms with Gasteiger partial charge in [0.1, 0.15) is 11.6 Å². The van der Waals surface area contributed by atoms with Crippen LogP contribution in [-0.4, -0.2) is 37.3 Å². The number of thioether (sulfide) groups is 1. The van der Waals surface area contributed by atoms with E-state index in [1.807, 2.05) is 18.2 Å². The molecule has 2 aliphatic rings. The van der Waals surface area contributed by atoms with Crippen LogP contribution in [0, 0.1) is 16.7 Å². The summed E-state index contributed by atoms with van der Waals surface area (Å²) >= 11 is 2.96. The smallest absolute Gasteiger partial charge is 0.219 e. The van der Waals surface area contributed by atoms with Crippen molar-refractivity contribution in [3.63, 3.8) is 0 Å². The lowest BCUT2D eigenvalue weighted by Crippen LogP contribution is -2.42. The summed E-state index contributed by atoms with van der Waals surface area (Å²) in [6.45, 7) is 4.11. The van der Waals surface area contributed by atoms with Gasteiger partial charge in [0, 0.05) is 35.1 Å². The van der Waals surface area contributed by atoms with Crippen LogP contribution < -0.4 is 24.8 Å². The number of nitrogens with two attached hydrogens (primary N) is 1. The van der Waals surface area contributed by atoms with Crippen molar-refractivity contribution in [1.29, 1.82) is 5.26 Å². The van der Waals surface area contributed by atoms with Crippen LogP contribution >= 0.6 is 23.1 Å². The predicted molar refractivity (Wildman–Crippen MR) is 159 cm³/mol. The molecule has 1 aliphatic heterocycles. The fourth-order valence-electron chi connectivity index (χ4n) is 5.39. The third-order valence-corrected chi connectivity index (χ3v) is 9.33. The van der Waals surface area contributed by atoms with E-state index in [9.17, 15) is 10.1 Å². The molecule has 5 rings (SSSR count). The molecule has 3 aromatic rings. The van der Waals surface area contributed by atoms with E-state index >= 15 is 0 Å². The fourth-order valence-corrected chi connectivity index (χ4v) is 7.22. The number of anilines is 1. The first kappa shape index (κ1) is 28.5. The Morgan fingerprint density at radius 2 is 1.76 bits per heavy atom. The average molecular weight is 590 g/mol. The number of carbonyl (C=O) groups is 1. The van der Waals surface area contributed by atoms with E-state index in [-0.39, 0.29) is 22.6 Å². The molecule has 0 saturated heterocycles. The predicted octanol–water partition coefficient (Wildman–Crippen LogP) is 5.80. The van der Waals surface area contributed by atoms with Crippen LogP contribution in [-0.2, 0) is 10.5 Å². The molecule has 1 aromatic heterocycles. The summed E-state index contributed by atoms with van der Waals surface area (Å²) in [5.41, 5.74) is 9.72. The molecular weight excluding hydrogens is 558 g/mol. The number of hydrogen-bond donors (Lipinski definition) is 1. The maximum absolute atomic E-state index is 13.9. The van der Waals surface area contributed by atoms with Crippen LogP contribution in [0.1, 0.15) is 43.7 Å². The number of carbonyl (C=O) groups excluding carboxylic acids is 1. The molecule has 2 heterocycles. The first-order chi connectivity index (χ1) is 19.7. The van der Waals surface area contributed by atoms with Gasteiger partial charge in [0.05, 0.1) is 38.9 Å². The first-order valence-corrected chi connectivity index (χ1v) is 14.8. The number of nitriles is 1. The fraction of sp³-hybridized carbons (Fsp3) is 0.333. The monoisotopic (exact) mass is 589 g/mol.